The van der Waals surface area contributed by atoms with Crippen LogP contribution in [0, 0.1) is 0 Å². The summed E-state index contributed by atoms with van der Waals surface area (Å²) < 4.78 is 7.15. The fourth-order valence-electron chi connectivity index (χ4n) is 1.64. The Morgan fingerprint density at radius 1 is 1.56 bits per heavy atom. The van der Waals surface area contributed by atoms with Crippen molar-refractivity contribution < 1.29 is 4.42 Å². The van der Waals surface area contributed by atoms with Gasteiger partial charge >= 0.3 is 0 Å². The average Bonchev–Trinajstić information content (AvgIpc) is 2.90. The van der Waals surface area contributed by atoms with Gasteiger partial charge in [0.15, 0.2) is 0 Å². The second-order valence-electron chi connectivity index (χ2n) is 3.73. The van der Waals surface area contributed by atoms with Crippen molar-refractivity contribution in [3.8, 4) is 0 Å². The normalized spacial score (nSPS) is 12.9. The van der Waals surface area contributed by atoms with Crippen LogP contribution in [0.15, 0.2) is 29.1 Å². The third kappa shape index (κ3) is 2.30. The highest BCUT2D eigenvalue weighted by Crippen LogP contribution is 2.15. The summed E-state index contributed by atoms with van der Waals surface area (Å²) >= 11 is 0. The summed E-state index contributed by atoms with van der Waals surface area (Å²) in [5.41, 5.74) is 6.02. The van der Waals surface area contributed by atoms with E-state index < -0.39 is 0 Å². The lowest BCUT2D eigenvalue weighted by molar-refractivity contribution is 0.451. The van der Waals surface area contributed by atoms with Gasteiger partial charge < -0.3 is 10.2 Å². The topological polar surface area (TPSA) is 69.9 Å². The molecule has 0 amide bonds. The second-order valence-corrected chi connectivity index (χ2v) is 3.73. The molecule has 2 heterocycles. The highest BCUT2D eigenvalue weighted by atomic mass is 16.3. The van der Waals surface area contributed by atoms with E-state index in [0.29, 0.717) is 6.42 Å². The van der Waals surface area contributed by atoms with Gasteiger partial charge in [-0.25, -0.2) is 4.98 Å². The number of nitrogens with zero attached hydrogens (tertiary/aromatic N) is 3. The number of aromatic nitrogens is 3. The van der Waals surface area contributed by atoms with Crippen LogP contribution < -0.4 is 5.73 Å². The van der Waals surface area contributed by atoms with E-state index in [1.165, 1.54) is 0 Å². The highest BCUT2D eigenvalue weighted by molar-refractivity contribution is 5.06. The Morgan fingerprint density at radius 2 is 2.44 bits per heavy atom. The van der Waals surface area contributed by atoms with Crippen molar-refractivity contribution in [2.45, 2.75) is 32.4 Å². The molecular formula is C11H16N4O. The standard InChI is InChI=1S/C11H16N4O/c1-2-5-15-11(13-8-14-15)7-9(12)10-4-3-6-16-10/h3-4,6,8-9H,2,5,7,12H2,1H3. The number of rotatable bonds is 5. The molecule has 2 N–H and O–H groups in total. The van der Waals surface area contributed by atoms with E-state index in [1.807, 2.05) is 16.8 Å². The molecule has 0 saturated heterocycles. The van der Waals surface area contributed by atoms with Gasteiger partial charge in [-0.2, -0.15) is 5.10 Å². The Balaban J connectivity index is 2.06. The number of aryl methyl sites for hydroxylation is 1. The first kappa shape index (κ1) is 10.9. The number of nitrogens with two attached hydrogens (primary N) is 1. The van der Waals surface area contributed by atoms with Crippen molar-refractivity contribution in [3.05, 3.63) is 36.3 Å². The molecule has 2 aromatic heterocycles. The van der Waals surface area contributed by atoms with Gasteiger partial charge in [-0.15, -0.1) is 0 Å². The molecule has 5 nitrogen and oxygen atoms in total. The van der Waals surface area contributed by atoms with E-state index in [0.717, 1.165) is 24.6 Å². The Hall–Kier alpha value is -1.62. The van der Waals surface area contributed by atoms with Gasteiger partial charge in [0, 0.05) is 13.0 Å². The summed E-state index contributed by atoms with van der Waals surface area (Å²) in [5, 5.41) is 4.16. The van der Waals surface area contributed by atoms with Crippen molar-refractivity contribution in [2.75, 3.05) is 0 Å². The lowest BCUT2D eigenvalue weighted by Crippen LogP contribution is -2.16. The number of furan rings is 1. The van der Waals surface area contributed by atoms with Crippen molar-refractivity contribution in [1.82, 2.24) is 14.8 Å². The zero-order valence-corrected chi connectivity index (χ0v) is 9.34. The zero-order chi connectivity index (χ0) is 11.4. The first-order valence-electron chi connectivity index (χ1n) is 5.47. The van der Waals surface area contributed by atoms with Gasteiger partial charge in [0.1, 0.15) is 17.9 Å². The molecular weight excluding hydrogens is 204 g/mol. The van der Waals surface area contributed by atoms with Gasteiger partial charge in [0.25, 0.3) is 0 Å². The van der Waals surface area contributed by atoms with Crippen molar-refractivity contribution in [2.24, 2.45) is 5.73 Å². The molecule has 1 atom stereocenters. The van der Waals surface area contributed by atoms with Crippen LogP contribution >= 0.6 is 0 Å². The van der Waals surface area contributed by atoms with Crippen LogP contribution in [0.5, 0.6) is 0 Å². The van der Waals surface area contributed by atoms with E-state index in [4.69, 9.17) is 10.2 Å². The van der Waals surface area contributed by atoms with Crippen LogP contribution in [0.1, 0.15) is 31.0 Å². The minimum atomic E-state index is -0.158. The molecule has 0 aliphatic heterocycles. The summed E-state index contributed by atoms with van der Waals surface area (Å²) in [6.07, 6.45) is 4.88. The van der Waals surface area contributed by atoms with Gasteiger partial charge in [0.05, 0.1) is 12.3 Å². The van der Waals surface area contributed by atoms with E-state index in [-0.39, 0.29) is 6.04 Å². The molecule has 0 aromatic carbocycles. The lowest BCUT2D eigenvalue weighted by atomic mass is 10.1. The maximum absolute atomic E-state index is 6.02. The van der Waals surface area contributed by atoms with Crippen LogP contribution in [-0.4, -0.2) is 14.8 Å². The fourth-order valence-corrected chi connectivity index (χ4v) is 1.64. The average molecular weight is 220 g/mol. The second kappa shape index (κ2) is 4.94. The SMILES string of the molecule is CCCn1ncnc1CC(N)c1ccco1. The smallest absolute Gasteiger partial charge is 0.138 e. The molecule has 0 radical (unpaired) electrons. The molecule has 0 bridgehead atoms. The molecule has 2 aromatic rings. The Bertz CT molecular complexity index is 421. The zero-order valence-electron chi connectivity index (χ0n) is 9.34. The Labute approximate surface area is 94.3 Å². The van der Waals surface area contributed by atoms with Gasteiger partial charge in [0.2, 0.25) is 0 Å². The number of hydrogen-bond acceptors (Lipinski definition) is 4. The molecule has 1 unspecified atom stereocenters. The van der Waals surface area contributed by atoms with Crippen LogP contribution in [0.25, 0.3) is 0 Å². The van der Waals surface area contributed by atoms with Crippen molar-refractivity contribution in [1.29, 1.82) is 0 Å². The lowest BCUT2D eigenvalue weighted by Gasteiger charge is -2.09. The van der Waals surface area contributed by atoms with E-state index in [9.17, 15) is 0 Å². The van der Waals surface area contributed by atoms with Crippen LogP contribution in [0.4, 0.5) is 0 Å². The van der Waals surface area contributed by atoms with Crippen LogP contribution in [0.3, 0.4) is 0 Å². The summed E-state index contributed by atoms with van der Waals surface area (Å²) in [6, 6.07) is 3.56. The molecule has 16 heavy (non-hydrogen) atoms. The summed E-state index contributed by atoms with van der Waals surface area (Å²) in [4.78, 5) is 4.21. The minimum Gasteiger partial charge on any atom is -0.468 e. The molecule has 0 aliphatic carbocycles. The fraction of sp³-hybridized carbons (Fsp3) is 0.455. The molecule has 2 rings (SSSR count). The molecule has 86 valence electrons. The van der Waals surface area contributed by atoms with E-state index in [1.54, 1.807) is 12.6 Å². The van der Waals surface area contributed by atoms with E-state index in [2.05, 4.69) is 17.0 Å². The van der Waals surface area contributed by atoms with Gasteiger partial charge in [-0.05, 0) is 18.6 Å². The third-order valence-electron chi connectivity index (χ3n) is 2.44. The molecule has 0 aliphatic rings. The monoisotopic (exact) mass is 220 g/mol. The first-order valence-corrected chi connectivity index (χ1v) is 5.47. The quantitative estimate of drug-likeness (QED) is 0.829. The summed E-state index contributed by atoms with van der Waals surface area (Å²) in [6.45, 7) is 2.98. The van der Waals surface area contributed by atoms with Crippen LogP contribution in [0.2, 0.25) is 0 Å². The maximum Gasteiger partial charge on any atom is 0.138 e. The van der Waals surface area contributed by atoms with E-state index >= 15 is 0 Å². The molecule has 0 fully saturated rings. The molecule has 0 spiro atoms. The third-order valence-corrected chi connectivity index (χ3v) is 2.44. The van der Waals surface area contributed by atoms with Crippen molar-refractivity contribution in [3.63, 3.8) is 0 Å². The number of hydrogen-bond donors (Lipinski definition) is 1. The largest absolute Gasteiger partial charge is 0.468 e. The van der Waals surface area contributed by atoms with Gasteiger partial charge in [-0.1, -0.05) is 6.92 Å². The molecule has 5 heteroatoms. The summed E-state index contributed by atoms with van der Waals surface area (Å²) in [7, 11) is 0. The summed E-state index contributed by atoms with van der Waals surface area (Å²) in [5.74, 6) is 1.69. The Morgan fingerprint density at radius 3 is 3.12 bits per heavy atom. The van der Waals surface area contributed by atoms with Crippen LogP contribution in [-0.2, 0) is 13.0 Å². The predicted octanol–water partition coefficient (Wildman–Crippen LogP) is 1.52. The molecule has 0 saturated carbocycles. The highest BCUT2D eigenvalue weighted by Gasteiger charge is 2.13. The van der Waals surface area contributed by atoms with Crippen molar-refractivity contribution >= 4 is 0 Å². The first-order chi connectivity index (χ1) is 7.81. The minimum absolute atomic E-state index is 0.158. The maximum atomic E-state index is 6.02. The predicted molar refractivity (Wildman–Crippen MR) is 59.7 cm³/mol. The van der Waals surface area contributed by atoms with Gasteiger partial charge in [-0.3, -0.25) is 4.68 Å². The Kier molecular flexibility index (Phi) is 3.36.